The van der Waals surface area contributed by atoms with Gasteiger partial charge in [0.1, 0.15) is 0 Å². The van der Waals surface area contributed by atoms with Crippen LogP contribution in [0.5, 0.6) is 0 Å². The maximum absolute atomic E-state index is 5.71. The fraction of sp³-hybridized carbons (Fsp3) is 0.625. The Kier molecular flexibility index (Phi) is 1.29. The molecular weight excluding hydrogens is 138 g/mol. The van der Waals surface area contributed by atoms with Crippen LogP contribution < -0.4 is 5.73 Å². The van der Waals surface area contributed by atoms with Gasteiger partial charge in [-0.25, -0.2) is 0 Å². The quantitative estimate of drug-likeness (QED) is 0.636. The van der Waals surface area contributed by atoms with Gasteiger partial charge in [0.25, 0.3) is 0 Å². The molecule has 1 aliphatic rings. The molecular formula is C8H13N3. The summed E-state index contributed by atoms with van der Waals surface area (Å²) in [6.45, 7) is 2.06. The molecule has 2 atom stereocenters. The number of rotatable bonds is 1. The van der Waals surface area contributed by atoms with E-state index in [1.807, 2.05) is 11.7 Å². The average molecular weight is 151 g/mol. The third-order valence-corrected chi connectivity index (χ3v) is 2.35. The van der Waals surface area contributed by atoms with Crippen LogP contribution in [0.1, 0.15) is 23.7 Å². The van der Waals surface area contributed by atoms with Gasteiger partial charge in [-0.1, -0.05) is 0 Å². The molecule has 0 saturated heterocycles. The fourth-order valence-electron chi connectivity index (χ4n) is 1.32. The van der Waals surface area contributed by atoms with Gasteiger partial charge in [0.2, 0.25) is 0 Å². The molecule has 0 spiro atoms. The molecule has 0 aliphatic heterocycles. The minimum atomic E-state index is 0.365. The maximum Gasteiger partial charge on any atom is 0.0674 e. The van der Waals surface area contributed by atoms with Crippen molar-refractivity contribution >= 4 is 0 Å². The van der Waals surface area contributed by atoms with Gasteiger partial charge in [0, 0.05) is 24.7 Å². The Morgan fingerprint density at radius 1 is 1.73 bits per heavy atom. The van der Waals surface area contributed by atoms with E-state index in [0.29, 0.717) is 12.0 Å². The van der Waals surface area contributed by atoms with Gasteiger partial charge in [0.15, 0.2) is 0 Å². The first-order valence-electron chi connectivity index (χ1n) is 3.94. The second-order valence-electron chi connectivity index (χ2n) is 3.34. The zero-order valence-electron chi connectivity index (χ0n) is 6.91. The molecule has 11 heavy (non-hydrogen) atoms. The van der Waals surface area contributed by atoms with E-state index in [-0.39, 0.29) is 0 Å². The predicted molar refractivity (Wildman–Crippen MR) is 43.3 cm³/mol. The minimum Gasteiger partial charge on any atom is -0.327 e. The number of aryl methyl sites for hydroxylation is 2. The van der Waals surface area contributed by atoms with Crippen LogP contribution in [-0.2, 0) is 7.05 Å². The number of hydrogen-bond acceptors (Lipinski definition) is 2. The predicted octanol–water partition coefficient (Wildman–Crippen LogP) is 0.543. The molecule has 3 heteroatoms. The van der Waals surface area contributed by atoms with Crippen LogP contribution in [-0.4, -0.2) is 15.8 Å². The van der Waals surface area contributed by atoms with Crippen LogP contribution in [0.2, 0.25) is 0 Å². The van der Waals surface area contributed by atoms with E-state index in [0.717, 1.165) is 12.1 Å². The molecule has 0 amide bonds. The first-order chi connectivity index (χ1) is 5.18. The summed E-state index contributed by atoms with van der Waals surface area (Å²) in [6, 6.07) is 2.49. The van der Waals surface area contributed by atoms with Crippen LogP contribution in [0.3, 0.4) is 0 Å². The van der Waals surface area contributed by atoms with Crippen LogP contribution in [0.4, 0.5) is 0 Å². The zero-order valence-corrected chi connectivity index (χ0v) is 6.91. The molecule has 1 aliphatic carbocycles. The lowest BCUT2D eigenvalue weighted by molar-refractivity contribution is 0.719. The van der Waals surface area contributed by atoms with Crippen molar-refractivity contribution in [2.24, 2.45) is 12.8 Å². The monoisotopic (exact) mass is 151 g/mol. The lowest BCUT2D eigenvalue weighted by atomic mass is 10.3. The summed E-state index contributed by atoms with van der Waals surface area (Å²) in [7, 11) is 1.97. The van der Waals surface area contributed by atoms with E-state index < -0.39 is 0 Å². The van der Waals surface area contributed by atoms with Gasteiger partial charge in [-0.15, -0.1) is 0 Å². The summed E-state index contributed by atoms with van der Waals surface area (Å²) < 4.78 is 1.90. The molecule has 0 radical (unpaired) electrons. The lowest BCUT2D eigenvalue weighted by Gasteiger charge is -1.89. The summed E-state index contributed by atoms with van der Waals surface area (Å²) in [5.41, 5.74) is 8.08. The molecule has 1 aromatic heterocycles. The lowest BCUT2D eigenvalue weighted by Crippen LogP contribution is -2.01. The van der Waals surface area contributed by atoms with Gasteiger partial charge in [-0.05, 0) is 19.4 Å². The van der Waals surface area contributed by atoms with Crippen molar-refractivity contribution in [3.63, 3.8) is 0 Å². The highest BCUT2D eigenvalue weighted by molar-refractivity contribution is 5.21. The van der Waals surface area contributed by atoms with Crippen molar-refractivity contribution in [3.05, 3.63) is 17.5 Å². The number of nitrogens with two attached hydrogens (primary N) is 1. The Morgan fingerprint density at radius 2 is 2.36 bits per heavy atom. The van der Waals surface area contributed by atoms with E-state index in [4.69, 9.17) is 5.73 Å². The highest BCUT2D eigenvalue weighted by Crippen LogP contribution is 2.38. The van der Waals surface area contributed by atoms with Gasteiger partial charge in [-0.2, -0.15) is 5.10 Å². The molecule has 0 aromatic carbocycles. The molecule has 60 valence electrons. The normalized spacial score (nSPS) is 29.0. The van der Waals surface area contributed by atoms with Gasteiger partial charge in [0.05, 0.1) is 5.69 Å². The Bertz CT molecular complexity index is 257. The van der Waals surface area contributed by atoms with E-state index in [1.54, 1.807) is 0 Å². The van der Waals surface area contributed by atoms with Crippen molar-refractivity contribution in [2.75, 3.05) is 0 Å². The highest BCUT2D eigenvalue weighted by atomic mass is 15.3. The summed E-state index contributed by atoms with van der Waals surface area (Å²) in [5, 5.41) is 4.36. The SMILES string of the molecule is Cc1cc([C@@H]2C[C@H]2N)nn1C. The van der Waals surface area contributed by atoms with Crippen molar-refractivity contribution in [1.82, 2.24) is 9.78 Å². The topological polar surface area (TPSA) is 43.8 Å². The van der Waals surface area contributed by atoms with Gasteiger partial charge in [-0.3, -0.25) is 4.68 Å². The molecule has 0 bridgehead atoms. The third-order valence-electron chi connectivity index (χ3n) is 2.35. The van der Waals surface area contributed by atoms with Crippen molar-refractivity contribution in [3.8, 4) is 0 Å². The molecule has 3 nitrogen and oxygen atoms in total. The first-order valence-corrected chi connectivity index (χ1v) is 3.94. The van der Waals surface area contributed by atoms with Crippen molar-refractivity contribution < 1.29 is 0 Å². The first kappa shape index (κ1) is 6.85. The molecule has 1 fully saturated rings. The zero-order chi connectivity index (χ0) is 8.01. The summed E-state index contributed by atoms with van der Waals surface area (Å²) in [5.74, 6) is 0.537. The largest absolute Gasteiger partial charge is 0.327 e. The minimum absolute atomic E-state index is 0.365. The molecule has 0 unspecified atom stereocenters. The van der Waals surface area contributed by atoms with Crippen molar-refractivity contribution in [2.45, 2.75) is 25.3 Å². The summed E-state index contributed by atoms with van der Waals surface area (Å²) in [6.07, 6.45) is 1.11. The van der Waals surface area contributed by atoms with E-state index in [1.165, 1.54) is 5.69 Å². The Hall–Kier alpha value is -0.830. The summed E-state index contributed by atoms with van der Waals surface area (Å²) >= 11 is 0. The molecule has 1 aromatic rings. The maximum atomic E-state index is 5.71. The second-order valence-corrected chi connectivity index (χ2v) is 3.34. The highest BCUT2D eigenvalue weighted by Gasteiger charge is 2.36. The average Bonchev–Trinajstić information content (AvgIpc) is 2.56. The third kappa shape index (κ3) is 1.05. The molecule has 2 N–H and O–H groups in total. The van der Waals surface area contributed by atoms with Gasteiger partial charge >= 0.3 is 0 Å². The Morgan fingerprint density at radius 3 is 2.73 bits per heavy atom. The number of hydrogen-bond donors (Lipinski definition) is 1. The summed E-state index contributed by atoms with van der Waals surface area (Å²) in [4.78, 5) is 0. The van der Waals surface area contributed by atoms with Crippen LogP contribution >= 0.6 is 0 Å². The molecule has 1 saturated carbocycles. The van der Waals surface area contributed by atoms with Gasteiger partial charge < -0.3 is 5.73 Å². The number of aromatic nitrogens is 2. The van der Waals surface area contributed by atoms with Crippen LogP contribution in [0.25, 0.3) is 0 Å². The standard InChI is InChI=1S/C8H13N3/c1-5-3-8(10-11(5)2)6-4-7(6)9/h3,6-7H,4,9H2,1-2H3/t6-,7-/m1/s1. The van der Waals surface area contributed by atoms with Crippen molar-refractivity contribution in [1.29, 1.82) is 0 Å². The number of nitrogens with zero attached hydrogens (tertiary/aromatic N) is 2. The fourth-order valence-corrected chi connectivity index (χ4v) is 1.32. The Labute approximate surface area is 66.2 Å². The van der Waals surface area contributed by atoms with E-state index >= 15 is 0 Å². The molecule has 1 heterocycles. The van der Waals surface area contributed by atoms with Crippen LogP contribution in [0, 0.1) is 6.92 Å². The second kappa shape index (κ2) is 2.08. The smallest absolute Gasteiger partial charge is 0.0674 e. The Balaban J connectivity index is 2.26. The molecule has 2 rings (SSSR count). The van der Waals surface area contributed by atoms with E-state index in [9.17, 15) is 0 Å². The van der Waals surface area contributed by atoms with Crippen LogP contribution in [0.15, 0.2) is 6.07 Å². The van der Waals surface area contributed by atoms with E-state index in [2.05, 4.69) is 18.1 Å².